The van der Waals surface area contributed by atoms with Gasteiger partial charge in [0.05, 0.1) is 12.3 Å². The van der Waals surface area contributed by atoms with Crippen molar-refractivity contribution in [1.82, 2.24) is 0 Å². The summed E-state index contributed by atoms with van der Waals surface area (Å²) in [4.78, 5) is 10.2. The number of benzene rings is 2. The minimum Gasteiger partial charge on any atom is -0.462 e. The van der Waals surface area contributed by atoms with Gasteiger partial charge in [0, 0.05) is 11.7 Å². The van der Waals surface area contributed by atoms with E-state index in [1.165, 1.54) is 0 Å². The normalized spacial score (nSPS) is 28.7. The molecule has 0 aliphatic carbocycles. The average molecular weight is 444 g/mol. The summed E-state index contributed by atoms with van der Waals surface area (Å²) in [6.07, 6.45) is -8.51. The lowest BCUT2D eigenvalue weighted by Gasteiger charge is -2.40. The molecule has 1 heterocycles. The molecule has 164 valence electrons. The predicted molar refractivity (Wildman–Crippen MR) is 103 cm³/mol. The number of aliphatic hydroxyl groups excluding tert-OH is 3. The molecular weight excluding hydrogens is 421 g/mol. The van der Waals surface area contributed by atoms with Crippen molar-refractivity contribution in [2.24, 2.45) is 0 Å². The Labute approximate surface area is 172 Å². The summed E-state index contributed by atoms with van der Waals surface area (Å²) >= 11 is 0. The molecule has 1 aliphatic heterocycles. The van der Waals surface area contributed by atoms with Crippen LogP contribution in [0.3, 0.4) is 0 Å². The van der Waals surface area contributed by atoms with Gasteiger partial charge in [-0.3, -0.25) is 4.57 Å². The van der Waals surface area contributed by atoms with Gasteiger partial charge in [-0.05, 0) is 30.7 Å². The third-order valence-corrected chi connectivity index (χ3v) is 6.66. The van der Waals surface area contributed by atoms with E-state index in [1.54, 1.807) is 30.3 Å². The van der Waals surface area contributed by atoms with Crippen molar-refractivity contribution >= 4 is 7.37 Å². The van der Waals surface area contributed by atoms with Crippen LogP contribution in [0.1, 0.15) is 12.0 Å². The topological polar surface area (TPSA) is 116 Å². The average Bonchev–Trinajstić information content (AvgIpc) is 2.71. The fourth-order valence-corrected chi connectivity index (χ4v) is 4.84. The van der Waals surface area contributed by atoms with Gasteiger partial charge in [0.25, 0.3) is 0 Å². The summed E-state index contributed by atoms with van der Waals surface area (Å²) < 4.78 is 51.1. The molecule has 30 heavy (non-hydrogen) atoms. The van der Waals surface area contributed by atoms with Crippen molar-refractivity contribution in [1.29, 1.82) is 0 Å². The van der Waals surface area contributed by atoms with Gasteiger partial charge < -0.3 is 29.7 Å². The lowest BCUT2D eigenvalue weighted by molar-refractivity contribution is -0.272. The largest absolute Gasteiger partial charge is 0.462 e. The van der Waals surface area contributed by atoms with Crippen LogP contribution in [0.5, 0.6) is 5.75 Å². The highest BCUT2D eigenvalue weighted by molar-refractivity contribution is 7.57. The summed E-state index contributed by atoms with van der Waals surface area (Å²) in [7, 11) is -4.04. The summed E-state index contributed by atoms with van der Waals surface area (Å²) in [5, 5.41) is 30.4. The van der Waals surface area contributed by atoms with E-state index in [4.69, 9.17) is 9.47 Å². The van der Waals surface area contributed by atoms with Gasteiger partial charge in [-0.25, -0.2) is 8.78 Å². The standard InChI is InChI=1S/C20H23F2O7P/c21-14-7-4-8-15(22)13(14)11-30(26,27)10-9-16-17(23)18(24)19(25)20(29-16)28-12-5-2-1-3-6-12/h1-8,16-20,23-25H,9-11H2,(H,26,27)/t16-,17-,18+,19+,20+/m1/s1. The fourth-order valence-electron chi connectivity index (χ4n) is 3.22. The second-order valence-corrected chi connectivity index (χ2v) is 9.62. The highest BCUT2D eigenvalue weighted by Gasteiger charge is 2.45. The van der Waals surface area contributed by atoms with Crippen LogP contribution < -0.4 is 4.74 Å². The first-order valence-corrected chi connectivity index (χ1v) is 11.4. The molecule has 2 aromatic carbocycles. The van der Waals surface area contributed by atoms with Crippen molar-refractivity contribution in [3.63, 3.8) is 0 Å². The lowest BCUT2D eigenvalue weighted by atomic mass is 9.97. The van der Waals surface area contributed by atoms with E-state index in [9.17, 15) is 33.6 Å². The van der Waals surface area contributed by atoms with Crippen LogP contribution in [0.2, 0.25) is 0 Å². The Hall–Kier alpha value is -1.87. The molecule has 0 amide bonds. The molecule has 1 fully saturated rings. The van der Waals surface area contributed by atoms with Gasteiger partial charge in [0.15, 0.2) is 0 Å². The van der Waals surface area contributed by atoms with E-state index in [1.807, 2.05) is 0 Å². The van der Waals surface area contributed by atoms with E-state index in [0.29, 0.717) is 5.75 Å². The van der Waals surface area contributed by atoms with Crippen molar-refractivity contribution in [3.05, 3.63) is 65.7 Å². The third-order valence-electron chi connectivity index (χ3n) is 4.89. The fraction of sp³-hybridized carbons (Fsp3) is 0.400. The number of rotatable bonds is 7. The highest BCUT2D eigenvalue weighted by Crippen LogP contribution is 2.46. The van der Waals surface area contributed by atoms with Crippen LogP contribution >= 0.6 is 7.37 Å². The molecule has 10 heteroatoms. The summed E-state index contributed by atoms with van der Waals surface area (Å²) in [5.74, 6) is -1.49. The molecule has 7 nitrogen and oxygen atoms in total. The molecule has 1 unspecified atom stereocenters. The molecular formula is C20H23F2O7P. The predicted octanol–water partition coefficient (Wildman–Crippen LogP) is 2.01. The van der Waals surface area contributed by atoms with Crippen molar-refractivity contribution < 1.29 is 43.0 Å². The maximum absolute atomic E-state index is 13.8. The van der Waals surface area contributed by atoms with Crippen molar-refractivity contribution in [2.75, 3.05) is 6.16 Å². The molecule has 2 aromatic rings. The van der Waals surface area contributed by atoms with E-state index in [-0.39, 0.29) is 6.42 Å². The maximum atomic E-state index is 13.8. The number of hydrogen-bond donors (Lipinski definition) is 4. The molecule has 1 saturated heterocycles. The molecule has 0 spiro atoms. The molecule has 4 N–H and O–H groups in total. The van der Waals surface area contributed by atoms with Gasteiger partial charge in [0.2, 0.25) is 13.7 Å². The summed E-state index contributed by atoms with van der Waals surface area (Å²) in [6, 6.07) is 11.5. The molecule has 6 atom stereocenters. The number of para-hydroxylation sites is 1. The first-order chi connectivity index (χ1) is 14.2. The Balaban J connectivity index is 1.66. The smallest absolute Gasteiger partial charge is 0.229 e. The van der Waals surface area contributed by atoms with Crippen LogP contribution in [-0.2, 0) is 15.5 Å². The van der Waals surface area contributed by atoms with Crippen molar-refractivity contribution in [3.8, 4) is 5.75 Å². The van der Waals surface area contributed by atoms with Crippen LogP contribution in [0.25, 0.3) is 0 Å². The first kappa shape index (κ1) is 22.8. The zero-order chi connectivity index (χ0) is 21.9. The van der Waals surface area contributed by atoms with Gasteiger partial charge in [-0.2, -0.15) is 0 Å². The molecule has 1 aliphatic rings. The Morgan fingerprint density at radius 1 is 0.933 bits per heavy atom. The maximum Gasteiger partial charge on any atom is 0.229 e. The summed E-state index contributed by atoms with van der Waals surface area (Å²) in [6.45, 7) is 0. The number of halogens is 2. The number of ether oxygens (including phenoxy) is 2. The Morgan fingerprint density at radius 3 is 2.20 bits per heavy atom. The molecule has 0 bridgehead atoms. The molecule has 0 aromatic heterocycles. The zero-order valence-corrected chi connectivity index (χ0v) is 16.7. The van der Waals surface area contributed by atoms with Crippen molar-refractivity contribution in [2.45, 2.75) is 43.3 Å². The van der Waals surface area contributed by atoms with Gasteiger partial charge in [-0.1, -0.05) is 24.3 Å². The molecule has 0 radical (unpaired) electrons. The molecule has 0 saturated carbocycles. The minimum absolute atomic E-state index is 0.205. The number of hydrogen-bond acceptors (Lipinski definition) is 6. The SMILES string of the molecule is O=P(O)(CC[C@H]1O[C@H](Oc2ccccc2)[C@@H](O)[C@@H](O)[C@@H]1O)Cc1c(F)cccc1F. The lowest BCUT2D eigenvalue weighted by Crippen LogP contribution is -2.59. The van der Waals surface area contributed by atoms with Gasteiger partial charge in [-0.15, -0.1) is 0 Å². The van der Waals surface area contributed by atoms with Gasteiger partial charge >= 0.3 is 0 Å². The van der Waals surface area contributed by atoms with E-state index in [0.717, 1.165) is 18.2 Å². The Kier molecular flexibility index (Phi) is 7.23. The highest BCUT2D eigenvalue weighted by atomic mass is 31.2. The Bertz CT molecular complexity index is 878. The van der Waals surface area contributed by atoms with Crippen LogP contribution in [0.15, 0.2) is 48.5 Å². The summed E-state index contributed by atoms with van der Waals surface area (Å²) in [5.41, 5.74) is -0.491. The number of aliphatic hydroxyl groups is 3. The van der Waals surface area contributed by atoms with Crippen LogP contribution in [0, 0.1) is 11.6 Å². The van der Waals surface area contributed by atoms with E-state index >= 15 is 0 Å². The minimum atomic E-state index is -4.04. The van der Waals surface area contributed by atoms with Gasteiger partial charge in [0.1, 0.15) is 35.7 Å². The second-order valence-electron chi connectivity index (χ2n) is 7.16. The van der Waals surface area contributed by atoms with E-state index in [2.05, 4.69) is 0 Å². The second kappa shape index (κ2) is 9.51. The first-order valence-electron chi connectivity index (χ1n) is 9.33. The van der Waals surface area contributed by atoms with E-state index < -0.39 is 67.6 Å². The monoisotopic (exact) mass is 444 g/mol. The quantitative estimate of drug-likeness (QED) is 0.483. The molecule has 3 rings (SSSR count). The third kappa shape index (κ3) is 5.43. The van der Waals surface area contributed by atoms with Crippen LogP contribution in [-0.4, -0.2) is 57.1 Å². The zero-order valence-electron chi connectivity index (χ0n) is 15.8. The Morgan fingerprint density at radius 2 is 1.57 bits per heavy atom. The van der Waals surface area contributed by atoms with Crippen LogP contribution in [0.4, 0.5) is 8.78 Å².